The molecule has 0 saturated carbocycles. The third kappa shape index (κ3) is 3.01. The topological polar surface area (TPSA) is 29.3 Å². The molecule has 0 spiro atoms. The van der Waals surface area contributed by atoms with Crippen molar-refractivity contribution in [1.82, 2.24) is 0 Å². The van der Waals surface area contributed by atoms with Gasteiger partial charge in [-0.25, -0.2) is 0 Å². The zero-order chi connectivity index (χ0) is 12.4. The van der Waals surface area contributed by atoms with Gasteiger partial charge < -0.3 is 10.6 Å². The molecule has 2 rings (SSSR count). The molecule has 1 aliphatic heterocycles. The van der Waals surface area contributed by atoms with Gasteiger partial charge in [0, 0.05) is 24.8 Å². The fraction of sp³-hybridized carbons (Fsp3) is 0.600. The number of nitrogens with zero attached hydrogens (tertiary/aromatic N) is 1. The molecule has 2 atom stereocenters. The van der Waals surface area contributed by atoms with E-state index in [4.69, 9.17) is 5.73 Å². The molecule has 0 amide bonds. The maximum Gasteiger partial charge on any atom is 0.0367 e. The maximum atomic E-state index is 6.18. The molecule has 0 aromatic heterocycles. The second kappa shape index (κ2) is 5.09. The van der Waals surface area contributed by atoms with E-state index in [0.717, 1.165) is 19.0 Å². The summed E-state index contributed by atoms with van der Waals surface area (Å²) in [6.45, 7) is 8.87. The van der Waals surface area contributed by atoms with E-state index in [9.17, 15) is 0 Å². The smallest absolute Gasteiger partial charge is 0.0367 e. The summed E-state index contributed by atoms with van der Waals surface area (Å²) in [4.78, 5) is 2.44. The Morgan fingerprint density at radius 1 is 1.18 bits per heavy atom. The summed E-state index contributed by atoms with van der Waals surface area (Å²) in [7, 11) is 0. The van der Waals surface area contributed by atoms with Gasteiger partial charge in [0.2, 0.25) is 0 Å². The van der Waals surface area contributed by atoms with Crippen LogP contribution in [0.5, 0.6) is 0 Å². The second-order valence-corrected chi connectivity index (χ2v) is 5.74. The van der Waals surface area contributed by atoms with Crippen LogP contribution in [-0.2, 0) is 0 Å². The molecule has 0 aliphatic carbocycles. The van der Waals surface area contributed by atoms with Gasteiger partial charge in [-0.1, -0.05) is 31.5 Å². The number of nitrogens with two attached hydrogens (primary N) is 1. The van der Waals surface area contributed by atoms with Gasteiger partial charge in [0.05, 0.1) is 0 Å². The lowest BCUT2D eigenvalue weighted by Gasteiger charge is -2.39. The molecule has 1 saturated heterocycles. The highest BCUT2D eigenvalue weighted by Crippen LogP contribution is 2.27. The highest BCUT2D eigenvalue weighted by atomic mass is 15.2. The van der Waals surface area contributed by atoms with Gasteiger partial charge in [-0.05, 0) is 37.3 Å². The van der Waals surface area contributed by atoms with Crippen LogP contribution in [0.4, 0.5) is 5.69 Å². The first-order valence-corrected chi connectivity index (χ1v) is 6.63. The van der Waals surface area contributed by atoms with Gasteiger partial charge in [0.15, 0.2) is 0 Å². The summed E-state index contributed by atoms with van der Waals surface area (Å²) in [5.41, 5.74) is 8.81. The number of piperidine rings is 1. The van der Waals surface area contributed by atoms with Gasteiger partial charge in [-0.2, -0.15) is 0 Å². The molecular formula is C15H24N2. The summed E-state index contributed by atoms with van der Waals surface area (Å²) < 4.78 is 0. The first kappa shape index (κ1) is 12.4. The molecule has 0 bridgehead atoms. The summed E-state index contributed by atoms with van der Waals surface area (Å²) in [5.74, 6) is 1.44. The standard InChI is InChI=1S/C15H24N2/c1-11(2)13-8-14(16)10-17(9-13)15-6-4-12(3)5-7-15/h4-7,11,13-14H,8-10,16H2,1-3H3. The largest absolute Gasteiger partial charge is 0.370 e. The van der Waals surface area contributed by atoms with E-state index in [1.807, 2.05) is 0 Å². The lowest BCUT2D eigenvalue weighted by Crippen LogP contribution is -2.48. The minimum absolute atomic E-state index is 0.317. The van der Waals surface area contributed by atoms with E-state index in [1.54, 1.807) is 0 Å². The molecule has 17 heavy (non-hydrogen) atoms. The molecular weight excluding hydrogens is 208 g/mol. The predicted molar refractivity (Wildman–Crippen MR) is 74.3 cm³/mol. The highest BCUT2D eigenvalue weighted by molar-refractivity contribution is 5.48. The average Bonchev–Trinajstić information content (AvgIpc) is 2.29. The average molecular weight is 232 g/mol. The van der Waals surface area contributed by atoms with E-state index >= 15 is 0 Å². The van der Waals surface area contributed by atoms with Crippen LogP contribution in [0.15, 0.2) is 24.3 Å². The Kier molecular flexibility index (Phi) is 3.72. The van der Waals surface area contributed by atoms with Crippen LogP contribution in [0.3, 0.4) is 0 Å². The molecule has 2 unspecified atom stereocenters. The minimum Gasteiger partial charge on any atom is -0.370 e. The van der Waals surface area contributed by atoms with Crippen LogP contribution in [0, 0.1) is 18.8 Å². The number of aryl methyl sites for hydroxylation is 1. The Morgan fingerprint density at radius 3 is 2.41 bits per heavy atom. The van der Waals surface area contributed by atoms with Gasteiger partial charge in [0.1, 0.15) is 0 Å². The summed E-state index contributed by atoms with van der Waals surface area (Å²) in [6.07, 6.45) is 1.17. The molecule has 2 N–H and O–H groups in total. The number of anilines is 1. The maximum absolute atomic E-state index is 6.18. The summed E-state index contributed by atoms with van der Waals surface area (Å²) >= 11 is 0. The van der Waals surface area contributed by atoms with Crippen molar-refractivity contribution >= 4 is 5.69 Å². The molecule has 1 aromatic carbocycles. The molecule has 1 aromatic rings. The number of hydrogen-bond donors (Lipinski definition) is 1. The fourth-order valence-corrected chi connectivity index (χ4v) is 2.63. The Labute approximate surface area is 105 Å². The second-order valence-electron chi connectivity index (χ2n) is 5.74. The van der Waals surface area contributed by atoms with E-state index in [-0.39, 0.29) is 0 Å². The van der Waals surface area contributed by atoms with Crippen molar-refractivity contribution in [2.75, 3.05) is 18.0 Å². The first-order valence-electron chi connectivity index (χ1n) is 6.63. The Hall–Kier alpha value is -1.02. The first-order chi connectivity index (χ1) is 8.06. The molecule has 1 heterocycles. The van der Waals surface area contributed by atoms with E-state index in [0.29, 0.717) is 12.0 Å². The molecule has 0 radical (unpaired) electrons. The normalized spacial score (nSPS) is 25.4. The van der Waals surface area contributed by atoms with Gasteiger partial charge in [0.25, 0.3) is 0 Å². The van der Waals surface area contributed by atoms with Gasteiger partial charge in [-0.15, -0.1) is 0 Å². The van der Waals surface area contributed by atoms with Crippen molar-refractivity contribution < 1.29 is 0 Å². The van der Waals surface area contributed by atoms with Crippen LogP contribution in [0.2, 0.25) is 0 Å². The zero-order valence-corrected chi connectivity index (χ0v) is 11.2. The third-order valence-electron chi connectivity index (χ3n) is 3.86. The van der Waals surface area contributed by atoms with Crippen molar-refractivity contribution in [2.45, 2.75) is 33.2 Å². The SMILES string of the molecule is Cc1ccc(N2CC(N)CC(C(C)C)C2)cc1. The molecule has 2 nitrogen and oxygen atoms in total. The van der Waals surface area contributed by atoms with Crippen molar-refractivity contribution in [3.8, 4) is 0 Å². The summed E-state index contributed by atoms with van der Waals surface area (Å²) in [5, 5.41) is 0. The number of benzene rings is 1. The highest BCUT2D eigenvalue weighted by Gasteiger charge is 2.26. The van der Waals surface area contributed by atoms with Gasteiger partial charge in [-0.3, -0.25) is 0 Å². The summed E-state index contributed by atoms with van der Waals surface area (Å²) in [6, 6.07) is 9.10. The van der Waals surface area contributed by atoms with E-state index in [1.165, 1.54) is 17.7 Å². The predicted octanol–water partition coefficient (Wildman–Crippen LogP) is 2.80. The zero-order valence-electron chi connectivity index (χ0n) is 11.2. The van der Waals surface area contributed by atoms with E-state index < -0.39 is 0 Å². The van der Waals surface area contributed by atoms with Crippen LogP contribution in [0.25, 0.3) is 0 Å². The van der Waals surface area contributed by atoms with Crippen LogP contribution in [0.1, 0.15) is 25.8 Å². The third-order valence-corrected chi connectivity index (χ3v) is 3.86. The molecule has 1 fully saturated rings. The van der Waals surface area contributed by atoms with Crippen LogP contribution >= 0.6 is 0 Å². The molecule has 94 valence electrons. The molecule has 2 heteroatoms. The van der Waals surface area contributed by atoms with Crippen molar-refractivity contribution in [2.24, 2.45) is 17.6 Å². The van der Waals surface area contributed by atoms with Crippen molar-refractivity contribution in [3.05, 3.63) is 29.8 Å². The van der Waals surface area contributed by atoms with Crippen LogP contribution < -0.4 is 10.6 Å². The Balaban J connectivity index is 2.12. The molecule has 1 aliphatic rings. The lowest BCUT2D eigenvalue weighted by molar-refractivity contribution is 0.298. The minimum atomic E-state index is 0.317. The number of rotatable bonds is 2. The Bertz CT molecular complexity index is 356. The van der Waals surface area contributed by atoms with Crippen molar-refractivity contribution in [1.29, 1.82) is 0 Å². The Morgan fingerprint density at radius 2 is 1.82 bits per heavy atom. The number of hydrogen-bond acceptors (Lipinski definition) is 2. The fourth-order valence-electron chi connectivity index (χ4n) is 2.63. The quantitative estimate of drug-likeness (QED) is 0.849. The lowest BCUT2D eigenvalue weighted by atomic mass is 9.85. The van der Waals surface area contributed by atoms with Crippen LogP contribution in [-0.4, -0.2) is 19.1 Å². The monoisotopic (exact) mass is 232 g/mol. The van der Waals surface area contributed by atoms with E-state index in [2.05, 4.69) is 49.9 Å². The van der Waals surface area contributed by atoms with Gasteiger partial charge >= 0.3 is 0 Å². The van der Waals surface area contributed by atoms with Crippen molar-refractivity contribution in [3.63, 3.8) is 0 Å².